The van der Waals surface area contributed by atoms with Gasteiger partial charge in [-0.3, -0.25) is 10.1 Å². The summed E-state index contributed by atoms with van der Waals surface area (Å²) in [6, 6.07) is 8.94. The number of imidazole rings is 1. The molecule has 0 atom stereocenters. The van der Waals surface area contributed by atoms with Crippen molar-refractivity contribution in [1.29, 1.82) is 0 Å². The molecule has 0 fully saturated rings. The molecule has 0 unspecified atom stereocenters. The number of pyridine rings is 1. The van der Waals surface area contributed by atoms with Gasteiger partial charge in [-0.2, -0.15) is 5.10 Å². The number of rotatable bonds is 9. The molecular formula is C24H30N8O2. The Kier molecular flexibility index (Phi) is 7.07. The quantitative estimate of drug-likeness (QED) is 0.354. The van der Waals surface area contributed by atoms with Crippen molar-refractivity contribution in [3.8, 4) is 16.8 Å². The maximum atomic E-state index is 12.8. The molecule has 34 heavy (non-hydrogen) atoms. The number of aromatic amines is 1. The van der Waals surface area contributed by atoms with Crippen LogP contribution in [-0.2, 0) is 6.54 Å². The van der Waals surface area contributed by atoms with Crippen molar-refractivity contribution in [3.05, 3.63) is 59.3 Å². The van der Waals surface area contributed by atoms with Gasteiger partial charge in [0.15, 0.2) is 0 Å². The molecule has 178 valence electrons. The zero-order chi connectivity index (χ0) is 24.1. The molecule has 0 saturated carbocycles. The predicted molar refractivity (Wildman–Crippen MR) is 133 cm³/mol. The van der Waals surface area contributed by atoms with E-state index in [4.69, 9.17) is 0 Å². The van der Waals surface area contributed by atoms with E-state index in [1.54, 1.807) is 21.5 Å². The molecule has 2 amide bonds. The smallest absolute Gasteiger partial charge is 0.321 e. The molecule has 10 heteroatoms. The number of hydrogen-bond donors (Lipinski definition) is 3. The van der Waals surface area contributed by atoms with Crippen molar-refractivity contribution in [2.24, 2.45) is 0 Å². The second-order valence-corrected chi connectivity index (χ2v) is 7.88. The van der Waals surface area contributed by atoms with Gasteiger partial charge in [0.05, 0.1) is 16.7 Å². The highest BCUT2D eigenvalue weighted by molar-refractivity contribution is 5.94. The van der Waals surface area contributed by atoms with Crippen LogP contribution in [0, 0.1) is 0 Å². The van der Waals surface area contributed by atoms with E-state index in [-0.39, 0.29) is 11.6 Å². The fourth-order valence-corrected chi connectivity index (χ4v) is 3.89. The lowest BCUT2D eigenvalue weighted by molar-refractivity contribution is 0.252. The van der Waals surface area contributed by atoms with Gasteiger partial charge in [0.1, 0.15) is 0 Å². The Hall–Kier alpha value is -3.92. The number of hydrogen-bond acceptors (Lipinski definition) is 5. The summed E-state index contributed by atoms with van der Waals surface area (Å²) in [4.78, 5) is 34.8. The van der Waals surface area contributed by atoms with E-state index >= 15 is 0 Å². The van der Waals surface area contributed by atoms with Gasteiger partial charge >= 0.3 is 6.03 Å². The lowest BCUT2D eigenvalue weighted by atomic mass is 10.1. The molecule has 0 aliphatic carbocycles. The van der Waals surface area contributed by atoms with Gasteiger partial charge in [-0.1, -0.05) is 13.8 Å². The molecular weight excluding hydrogens is 432 g/mol. The minimum absolute atomic E-state index is 0.0500. The van der Waals surface area contributed by atoms with Crippen LogP contribution in [0.2, 0.25) is 0 Å². The third-order valence-electron chi connectivity index (χ3n) is 5.77. The van der Waals surface area contributed by atoms with Gasteiger partial charge in [0.2, 0.25) is 5.95 Å². The molecule has 1 aromatic carbocycles. The summed E-state index contributed by atoms with van der Waals surface area (Å²) in [5.74, 6) is 0.332. The third-order valence-corrected chi connectivity index (χ3v) is 5.77. The Morgan fingerprint density at radius 3 is 2.62 bits per heavy atom. The molecule has 0 bridgehead atoms. The number of carbonyl (C=O) groups is 1. The normalized spacial score (nSPS) is 11.3. The Morgan fingerprint density at radius 2 is 1.94 bits per heavy atom. The molecule has 0 spiro atoms. The number of carbonyl (C=O) groups excluding carboxylic acids is 1. The van der Waals surface area contributed by atoms with Gasteiger partial charge < -0.3 is 19.8 Å². The zero-order valence-electron chi connectivity index (χ0n) is 19.7. The van der Waals surface area contributed by atoms with E-state index in [2.05, 4.69) is 44.4 Å². The zero-order valence-corrected chi connectivity index (χ0v) is 19.7. The average Bonchev–Trinajstić information content (AvgIpc) is 3.50. The SMILES string of the molecule is CCNC(=O)Nc1nc2cc(-c3ccn(CCN(CC)CC)c(=O)c3)cc(-n3cccn3)c2[nH]1. The molecule has 0 saturated heterocycles. The van der Waals surface area contributed by atoms with Gasteiger partial charge in [-0.25, -0.2) is 14.5 Å². The number of amides is 2. The van der Waals surface area contributed by atoms with E-state index in [1.165, 1.54) is 0 Å². The topological polar surface area (TPSA) is 113 Å². The summed E-state index contributed by atoms with van der Waals surface area (Å²) in [7, 11) is 0. The van der Waals surface area contributed by atoms with Crippen molar-refractivity contribution in [1.82, 2.24) is 34.5 Å². The molecule has 10 nitrogen and oxygen atoms in total. The van der Waals surface area contributed by atoms with Gasteiger partial charge in [-0.15, -0.1) is 0 Å². The number of urea groups is 1. The largest absolute Gasteiger partial charge is 0.338 e. The first-order valence-corrected chi connectivity index (χ1v) is 11.5. The third kappa shape index (κ3) is 5.01. The van der Waals surface area contributed by atoms with Crippen molar-refractivity contribution in [2.75, 3.05) is 31.5 Å². The van der Waals surface area contributed by atoms with E-state index in [9.17, 15) is 9.59 Å². The standard InChI is InChI=1S/C24H30N8O2/c1-4-25-24(34)29-23-27-19-14-18(15-20(22(19)28-23)32-10-7-9-26-32)17-8-11-31(21(33)16-17)13-12-30(5-2)6-3/h7-11,14-16H,4-6,12-13H2,1-3H3,(H3,25,27,28,29,34). The summed E-state index contributed by atoms with van der Waals surface area (Å²) in [5, 5.41) is 9.75. The van der Waals surface area contributed by atoms with E-state index in [0.29, 0.717) is 24.6 Å². The molecule has 3 N–H and O–H groups in total. The Labute approximate surface area is 197 Å². The van der Waals surface area contributed by atoms with Crippen molar-refractivity contribution >= 4 is 23.0 Å². The Bertz CT molecular complexity index is 1320. The summed E-state index contributed by atoms with van der Waals surface area (Å²) in [5.41, 5.74) is 3.72. The van der Waals surface area contributed by atoms with Crippen LogP contribution in [0.1, 0.15) is 20.8 Å². The van der Waals surface area contributed by atoms with Gasteiger partial charge in [0, 0.05) is 44.3 Å². The number of benzene rings is 1. The van der Waals surface area contributed by atoms with Crippen molar-refractivity contribution in [3.63, 3.8) is 0 Å². The molecule has 4 aromatic rings. The fourth-order valence-electron chi connectivity index (χ4n) is 3.89. The molecule has 3 heterocycles. The van der Waals surface area contributed by atoms with Crippen LogP contribution in [0.15, 0.2) is 53.7 Å². The highest BCUT2D eigenvalue weighted by Crippen LogP contribution is 2.29. The lowest BCUT2D eigenvalue weighted by Gasteiger charge is -2.18. The second kappa shape index (κ2) is 10.3. The minimum atomic E-state index is -0.337. The number of anilines is 1. The number of aromatic nitrogens is 5. The number of likely N-dealkylation sites (N-methyl/N-ethyl adjacent to an activating group) is 1. The molecule has 0 aliphatic rings. The lowest BCUT2D eigenvalue weighted by Crippen LogP contribution is -2.30. The predicted octanol–water partition coefficient (Wildman–Crippen LogP) is 3.06. The van der Waals surface area contributed by atoms with E-state index in [0.717, 1.165) is 42.0 Å². The summed E-state index contributed by atoms with van der Waals surface area (Å²) in [6.45, 7) is 9.99. The maximum absolute atomic E-state index is 12.8. The second-order valence-electron chi connectivity index (χ2n) is 7.88. The van der Waals surface area contributed by atoms with Crippen molar-refractivity contribution in [2.45, 2.75) is 27.3 Å². The van der Waals surface area contributed by atoms with Crippen LogP contribution in [0.25, 0.3) is 27.8 Å². The Balaban J connectivity index is 1.70. The van der Waals surface area contributed by atoms with Crippen LogP contribution in [0.3, 0.4) is 0 Å². The maximum Gasteiger partial charge on any atom is 0.321 e. The summed E-state index contributed by atoms with van der Waals surface area (Å²) in [6.07, 6.45) is 5.37. The van der Waals surface area contributed by atoms with Crippen LogP contribution < -0.4 is 16.2 Å². The highest BCUT2D eigenvalue weighted by Gasteiger charge is 2.14. The number of H-pyrrole nitrogens is 1. The molecule has 3 aromatic heterocycles. The van der Waals surface area contributed by atoms with E-state index < -0.39 is 0 Å². The first kappa shape index (κ1) is 23.2. The highest BCUT2D eigenvalue weighted by atomic mass is 16.2. The molecule has 0 aliphatic heterocycles. The number of fused-ring (bicyclic) bond motifs is 1. The average molecular weight is 463 g/mol. The first-order chi connectivity index (χ1) is 16.5. The van der Waals surface area contributed by atoms with Crippen LogP contribution in [0.4, 0.5) is 10.7 Å². The monoisotopic (exact) mass is 462 g/mol. The number of nitrogens with one attached hydrogen (secondary N) is 3. The fraction of sp³-hybridized carbons (Fsp3) is 0.333. The first-order valence-electron chi connectivity index (χ1n) is 11.5. The van der Waals surface area contributed by atoms with E-state index in [1.807, 2.05) is 43.6 Å². The number of nitrogens with zero attached hydrogens (tertiary/aromatic N) is 5. The summed E-state index contributed by atoms with van der Waals surface area (Å²) >= 11 is 0. The minimum Gasteiger partial charge on any atom is -0.338 e. The molecule has 0 radical (unpaired) electrons. The summed E-state index contributed by atoms with van der Waals surface area (Å²) < 4.78 is 3.46. The van der Waals surface area contributed by atoms with Gasteiger partial charge in [0.25, 0.3) is 5.56 Å². The Morgan fingerprint density at radius 1 is 1.12 bits per heavy atom. The van der Waals surface area contributed by atoms with Crippen LogP contribution in [0.5, 0.6) is 0 Å². The van der Waals surface area contributed by atoms with Crippen molar-refractivity contribution < 1.29 is 4.79 Å². The van der Waals surface area contributed by atoms with Gasteiger partial charge in [-0.05, 0) is 55.4 Å². The van der Waals surface area contributed by atoms with Crippen LogP contribution >= 0.6 is 0 Å². The molecule has 4 rings (SSSR count). The van der Waals surface area contributed by atoms with Crippen LogP contribution in [-0.4, -0.2) is 61.4 Å².